The number of hydrogen-bond acceptors (Lipinski definition) is 5. The zero-order valence-electron chi connectivity index (χ0n) is 13.9. The van der Waals surface area contributed by atoms with E-state index in [-0.39, 0.29) is 0 Å². The number of rotatable bonds is 4. The van der Waals surface area contributed by atoms with Gasteiger partial charge in [-0.2, -0.15) is 4.99 Å². The van der Waals surface area contributed by atoms with E-state index in [0.29, 0.717) is 23.1 Å². The van der Waals surface area contributed by atoms with Gasteiger partial charge in [0.2, 0.25) is 11.9 Å². The SMILES string of the molecule is COC1(C)CC(C)c2ccc(Oc3ccc(N=C=O)cc3)cc2O1. The van der Waals surface area contributed by atoms with Gasteiger partial charge in [0.1, 0.15) is 17.2 Å². The molecule has 0 amide bonds. The Morgan fingerprint density at radius 3 is 2.58 bits per heavy atom. The highest BCUT2D eigenvalue weighted by atomic mass is 16.7. The van der Waals surface area contributed by atoms with Crippen LogP contribution in [0.15, 0.2) is 47.5 Å². The van der Waals surface area contributed by atoms with E-state index in [1.807, 2.05) is 25.1 Å². The van der Waals surface area contributed by atoms with Gasteiger partial charge < -0.3 is 14.2 Å². The number of ether oxygens (including phenoxy) is 3. The summed E-state index contributed by atoms with van der Waals surface area (Å²) in [5, 5.41) is 0. The molecule has 0 N–H and O–H groups in total. The molecule has 124 valence electrons. The van der Waals surface area contributed by atoms with Crippen LogP contribution in [-0.2, 0) is 9.53 Å². The summed E-state index contributed by atoms with van der Waals surface area (Å²) in [5.41, 5.74) is 1.68. The maximum Gasteiger partial charge on any atom is 0.240 e. The van der Waals surface area contributed by atoms with Crippen molar-refractivity contribution in [1.29, 1.82) is 0 Å². The van der Waals surface area contributed by atoms with Gasteiger partial charge in [-0.05, 0) is 41.8 Å². The molecular weight excluding hydrogens is 306 g/mol. The number of benzene rings is 2. The van der Waals surface area contributed by atoms with Gasteiger partial charge in [-0.15, -0.1) is 0 Å². The first kappa shape index (κ1) is 16.2. The second-order valence-electron chi connectivity index (χ2n) is 6.04. The van der Waals surface area contributed by atoms with Crippen molar-refractivity contribution < 1.29 is 19.0 Å². The van der Waals surface area contributed by atoms with Gasteiger partial charge in [0.25, 0.3) is 0 Å². The fraction of sp³-hybridized carbons (Fsp3) is 0.316. The van der Waals surface area contributed by atoms with Gasteiger partial charge >= 0.3 is 0 Å². The van der Waals surface area contributed by atoms with Crippen molar-refractivity contribution in [2.45, 2.75) is 32.0 Å². The molecule has 5 heteroatoms. The van der Waals surface area contributed by atoms with Crippen molar-refractivity contribution in [3.05, 3.63) is 48.0 Å². The highest BCUT2D eigenvalue weighted by molar-refractivity contribution is 5.51. The van der Waals surface area contributed by atoms with Crippen molar-refractivity contribution in [3.8, 4) is 17.2 Å². The number of hydrogen-bond donors (Lipinski definition) is 0. The molecule has 0 bridgehead atoms. The standard InChI is InChI=1S/C19H19NO4/c1-13-11-19(2,22-3)24-18-10-16(8-9-17(13)18)23-15-6-4-14(5-7-15)20-12-21/h4-10,13H,11H2,1-3H3. The second-order valence-corrected chi connectivity index (χ2v) is 6.04. The van der Waals surface area contributed by atoms with E-state index in [4.69, 9.17) is 14.2 Å². The lowest BCUT2D eigenvalue weighted by molar-refractivity contribution is -0.164. The summed E-state index contributed by atoms with van der Waals surface area (Å²) in [6.07, 6.45) is 2.31. The van der Waals surface area contributed by atoms with E-state index in [0.717, 1.165) is 17.7 Å². The molecule has 1 aliphatic rings. The van der Waals surface area contributed by atoms with Crippen LogP contribution in [0.4, 0.5) is 5.69 Å². The molecule has 0 saturated heterocycles. The third-order valence-electron chi connectivity index (χ3n) is 4.20. The minimum atomic E-state index is -0.625. The Kier molecular flexibility index (Phi) is 4.38. The highest BCUT2D eigenvalue weighted by Gasteiger charge is 2.35. The minimum Gasteiger partial charge on any atom is -0.462 e. The van der Waals surface area contributed by atoms with Gasteiger partial charge in [-0.25, -0.2) is 4.79 Å². The molecule has 0 radical (unpaired) electrons. The lowest BCUT2D eigenvalue weighted by Crippen LogP contribution is -2.39. The summed E-state index contributed by atoms with van der Waals surface area (Å²) in [7, 11) is 1.65. The first-order valence-corrected chi connectivity index (χ1v) is 7.77. The van der Waals surface area contributed by atoms with E-state index in [1.54, 1.807) is 31.4 Å². The van der Waals surface area contributed by atoms with E-state index in [9.17, 15) is 4.79 Å². The average Bonchev–Trinajstić information content (AvgIpc) is 2.56. The minimum absolute atomic E-state index is 0.341. The number of carbonyl (C=O) groups excluding carboxylic acids is 1. The van der Waals surface area contributed by atoms with Crippen LogP contribution in [0.3, 0.4) is 0 Å². The average molecular weight is 325 g/mol. The summed E-state index contributed by atoms with van der Waals surface area (Å²) >= 11 is 0. The Morgan fingerprint density at radius 1 is 1.21 bits per heavy atom. The Morgan fingerprint density at radius 2 is 1.92 bits per heavy atom. The molecule has 0 fully saturated rings. The molecule has 5 nitrogen and oxygen atoms in total. The molecular formula is C19H19NO4. The van der Waals surface area contributed by atoms with Crippen LogP contribution in [0.25, 0.3) is 0 Å². The quantitative estimate of drug-likeness (QED) is 0.604. The van der Waals surface area contributed by atoms with Crippen molar-refractivity contribution >= 4 is 11.8 Å². The van der Waals surface area contributed by atoms with Gasteiger partial charge in [0.15, 0.2) is 0 Å². The molecule has 2 atom stereocenters. The fourth-order valence-electron chi connectivity index (χ4n) is 2.92. The molecule has 1 aliphatic heterocycles. The summed E-state index contributed by atoms with van der Waals surface area (Å²) in [5.74, 6) is 1.82. The Hall–Kier alpha value is -2.62. The van der Waals surface area contributed by atoms with Crippen molar-refractivity contribution in [2.24, 2.45) is 4.99 Å². The van der Waals surface area contributed by atoms with Crippen LogP contribution in [-0.4, -0.2) is 19.0 Å². The number of aliphatic imine (C=N–C) groups is 1. The number of fused-ring (bicyclic) bond motifs is 1. The van der Waals surface area contributed by atoms with Gasteiger partial charge in [-0.1, -0.05) is 13.0 Å². The van der Waals surface area contributed by atoms with Crippen LogP contribution in [0.2, 0.25) is 0 Å². The molecule has 2 aromatic carbocycles. The monoisotopic (exact) mass is 325 g/mol. The maximum absolute atomic E-state index is 10.2. The van der Waals surface area contributed by atoms with Crippen LogP contribution < -0.4 is 9.47 Å². The molecule has 0 saturated carbocycles. The van der Waals surface area contributed by atoms with E-state index >= 15 is 0 Å². The van der Waals surface area contributed by atoms with Crippen LogP contribution >= 0.6 is 0 Å². The maximum atomic E-state index is 10.2. The van der Waals surface area contributed by atoms with Crippen molar-refractivity contribution in [2.75, 3.05) is 7.11 Å². The molecule has 2 unspecified atom stereocenters. The topological polar surface area (TPSA) is 57.1 Å². The predicted molar refractivity (Wildman–Crippen MR) is 89.8 cm³/mol. The zero-order chi connectivity index (χ0) is 17.2. The first-order chi connectivity index (χ1) is 11.5. The number of nitrogens with zero attached hydrogens (tertiary/aromatic N) is 1. The number of methoxy groups -OCH3 is 1. The molecule has 2 aromatic rings. The largest absolute Gasteiger partial charge is 0.462 e. The smallest absolute Gasteiger partial charge is 0.240 e. The molecule has 1 heterocycles. The predicted octanol–water partition coefficient (Wildman–Crippen LogP) is 4.69. The van der Waals surface area contributed by atoms with Crippen LogP contribution in [0.1, 0.15) is 31.7 Å². The van der Waals surface area contributed by atoms with E-state index < -0.39 is 5.79 Å². The van der Waals surface area contributed by atoms with Gasteiger partial charge in [0, 0.05) is 26.5 Å². The molecule has 3 rings (SSSR count). The third kappa shape index (κ3) is 3.32. The molecule has 24 heavy (non-hydrogen) atoms. The van der Waals surface area contributed by atoms with E-state index in [1.165, 1.54) is 6.08 Å². The van der Waals surface area contributed by atoms with Crippen molar-refractivity contribution in [3.63, 3.8) is 0 Å². The number of isocyanates is 1. The lowest BCUT2D eigenvalue weighted by Gasteiger charge is -2.37. The Labute approximate surface area is 140 Å². The van der Waals surface area contributed by atoms with Crippen LogP contribution in [0, 0.1) is 0 Å². The Bertz CT molecular complexity index is 780. The molecule has 0 aromatic heterocycles. The lowest BCUT2D eigenvalue weighted by atomic mass is 9.90. The summed E-state index contributed by atoms with van der Waals surface area (Å²) in [6.45, 7) is 4.09. The third-order valence-corrected chi connectivity index (χ3v) is 4.20. The highest BCUT2D eigenvalue weighted by Crippen LogP contribution is 2.43. The first-order valence-electron chi connectivity index (χ1n) is 7.77. The van der Waals surface area contributed by atoms with E-state index in [2.05, 4.69) is 11.9 Å². The Balaban J connectivity index is 1.83. The van der Waals surface area contributed by atoms with Crippen molar-refractivity contribution in [1.82, 2.24) is 0 Å². The summed E-state index contributed by atoms with van der Waals surface area (Å²) in [4.78, 5) is 13.8. The van der Waals surface area contributed by atoms with Crippen LogP contribution in [0.5, 0.6) is 17.2 Å². The summed E-state index contributed by atoms with van der Waals surface area (Å²) in [6, 6.07) is 12.7. The normalized spacial score (nSPS) is 22.0. The summed E-state index contributed by atoms with van der Waals surface area (Å²) < 4.78 is 17.4. The fourth-order valence-corrected chi connectivity index (χ4v) is 2.92. The zero-order valence-corrected chi connectivity index (χ0v) is 13.9. The van der Waals surface area contributed by atoms with Gasteiger partial charge in [-0.3, -0.25) is 0 Å². The molecule has 0 spiro atoms. The van der Waals surface area contributed by atoms with Gasteiger partial charge in [0.05, 0.1) is 5.69 Å². The molecule has 0 aliphatic carbocycles. The second kappa shape index (κ2) is 6.48.